The molecule has 0 aromatic rings. The highest BCUT2D eigenvalue weighted by Crippen LogP contribution is 2.12. The average molecular weight is 109 g/mol. The highest BCUT2D eigenvalue weighted by Gasteiger charge is 2.11. The molecule has 0 saturated carbocycles. The van der Waals surface area contributed by atoms with Gasteiger partial charge in [0.25, 0.3) is 0 Å². The molecule has 0 N–H and O–H groups in total. The summed E-state index contributed by atoms with van der Waals surface area (Å²) < 4.78 is 0. The quantitative estimate of drug-likeness (QED) is 0.484. The molecule has 0 aromatic heterocycles. The van der Waals surface area contributed by atoms with Crippen LogP contribution >= 0.6 is 0 Å². The second kappa shape index (κ2) is 2.03. The van der Waals surface area contributed by atoms with Crippen molar-refractivity contribution in [2.75, 3.05) is 13.1 Å². The van der Waals surface area contributed by atoms with Gasteiger partial charge in [0, 0.05) is 18.8 Å². The fourth-order valence-corrected chi connectivity index (χ4v) is 0.733. The Morgan fingerprint density at radius 3 is 2.25 bits per heavy atom. The zero-order chi connectivity index (χ0) is 5.98. The van der Waals surface area contributed by atoms with E-state index in [1.165, 1.54) is 19.5 Å². The molecule has 1 nitrogen and oxygen atoms in total. The Labute approximate surface area is 50.3 Å². The predicted octanol–water partition coefficient (Wildman–Crippen LogP) is 1.39. The third kappa shape index (κ3) is 0.760. The fraction of sp³-hybridized carbons (Fsp3) is 0.429. The first-order valence-electron chi connectivity index (χ1n) is 2.91. The molecule has 0 amide bonds. The summed E-state index contributed by atoms with van der Waals surface area (Å²) in [6.45, 7) is 9.77. The number of hydrogen-bond acceptors (Lipinski definition) is 1. The third-order valence-electron chi connectivity index (χ3n) is 1.50. The number of rotatable bonds is 2. The lowest BCUT2D eigenvalue weighted by Crippen LogP contribution is -2.35. The highest BCUT2D eigenvalue weighted by atomic mass is 15.2. The summed E-state index contributed by atoms with van der Waals surface area (Å²) in [5, 5.41) is 0. The normalized spacial score (nSPS) is 17.2. The standard InChI is InChI=1S/C7H11N/c1-3-7(2)8-5-4-6-8/h3H,1-2,4-6H2. The van der Waals surface area contributed by atoms with Gasteiger partial charge in [0.15, 0.2) is 0 Å². The van der Waals surface area contributed by atoms with Gasteiger partial charge >= 0.3 is 0 Å². The van der Waals surface area contributed by atoms with E-state index in [-0.39, 0.29) is 0 Å². The van der Waals surface area contributed by atoms with Crippen LogP contribution in [0.5, 0.6) is 0 Å². The van der Waals surface area contributed by atoms with E-state index in [1.54, 1.807) is 6.08 Å². The molecule has 1 aliphatic rings. The first-order chi connectivity index (χ1) is 3.84. The molecule has 1 aliphatic heterocycles. The summed E-state index contributed by atoms with van der Waals surface area (Å²) in [7, 11) is 0. The molecule has 0 spiro atoms. The summed E-state index contributed by atoms with van der Waals surface area (Å²) in [6, 6.07) is 0. The van der Waals surface area contributed by atoms with E-state index < -0.39 is 0 Å². The number of allylic oxidation sites excluding steroid dienone is 1. The molecule has 1 heteroatoms. The number of likely N-dealkylation sites (tertiary alicyclic amines) is 1. The van der Waals surface area contributed by atoms with Gasteiger partial charge in [0.05, 0.1) is 0 Å². The van der Waals surface area contributed by atoms with Crippen molar-refractivity contribution < 1.29 is 0 Å². The van der Waals surface area contributed by atoms with Crippen molar-refractivity contribution in [1.82, 2.24) is 4.90 Å². The van der Waals surface area contributed by atoms with Crippen molar-refractivity contribution in [3.8, 4) is 0 Å². The van der Waals surface area contributed by atoms with Crippen LogP contribution in [0.25, 0.3) is 0 Å². The molecule has 8 heavy (non-hydrogen) atoms. The Balaban J connectivity index is 2.34. The Morgan fingerprint density at radius 2 is 2.12 bits per heavy atom. The Bertz CT molecular complexity index is 112. The second-order valence-corrected chi connectivity index (χ2v) is 2.04. The van der Waals surface area contributed by atoms with Crippen LogP contribution in [-0.4, -0.2) is 18.0 Å². The Kier molecular flexibility index (Phi) is 1.38. The van der Waals surface area contributed by atoms with Gasteiger partial charge in [-0.3, -0.25) is 0 Å². The van der Waals surface area contributed by atoms with Crippen LogP contribution in [0.2, 0.25) is 0 Å². The average Bonchev–Trinajstić information content (AvgIpc) is 1.62. The number of nitrogens with zero attached hydrogens (tertiary/aromatic N) is 1. The predicted molar refractivity (Wildman–Crippen MR) is 35.5 cm³/mol. The highest BCUT2D eigenvalue weighted by molar-refractivity contribution is 5.11. The minimum atomic E-state index is 1.07. The molecule has 0 atom stereocenters. The van der Waals surface area contributed by atoms with Gasteiger partial charge in [0.1, 0.15) is 0 Å². The lowest BCUT2D eigenvalue weighted by molar-refractivity contribution is 0.248. The van der Waals surface area contributed by atoms with Crippen molar-refractivity contribution in [1.29, 1.82) is 0 Å². The SMILES string of the molecule is C=CC(=C)N1CCC1. The van der Waals surface area contributed by atoms with Crippen LogP contribution in [0.3, 0.4) is 0 Å². The van der Waals surface area contributed by atoms with Crippen LogP contribution in [-0.2, 0) is 0 Å². The molecule has 0 aromatic carbocycles. The van der Waals surface area contributed by atoms with E-state index in [0.29, 0.717) is 0 Å². The summed E-state index contributed by atoms with van der Waals surface area (Å²) >= 11 is 0. The van der Waals surface area contributed by atoms with Gasteiger partial charge in [-0.05, 0) is 12.5 Å². The van der Waals surface area contributed by atoms with Crippen molar-refractivity contribution in [3.63, 3.8) is 0 Å². The van der Waals surface area contributed by atoms with E-state index in [0.717, 1.165) is 5.70 Å². The topological polar surface area (TPSA) is 3.24 Å². The van der Waals surface area contributed by atoms with Crippen molar-refractivity contribution in [2.24, 2.45) is 0 Å². The number of hydrogen-bond donors (Lipinski definition) is 0. The van der Waals surface area contributed by atoms with E-state index in [2.05, 4.69) is 18.1 Å². The minimum absolute atomic E-state index is 1.07. The van der Waals surface area contributed by atoms with E-state index >= 15 is 0 Å². The minimum Gasteiger partial charge on any atom is -0.372 e. The summed E-state index contributed by atoms with van der Waals surface area (Å²) in [4.78, 5) is 2.22. The van der Waals surface area contributed by atoms with Crippen LogP contribution in [0.15, 0.2) is 24.9 Å². The summed E-state index contributed by atoms with van der Waals surface area (Å²) in [5.41, 5.74) is 1.07. The van der Waals surface area contributed by atoms with E-state index in [4.69, 9.17) is 0 Å². The lowest BCUT2D eigenvalue weighted by atomic mass is 10.2. The fourth-order valence-electron chi connectivity index (χ4n) is 0.733. The van der Waals surface area contributed by atoms with Crippen LogP contribution in [0.4, 0.5) is 0 Å². The molecule has 1 saturated heterocycles. The second-order valence-electron chi connectivity index (χ2n) is 2.04. The zero-order valence-electron chi connectivity index (χ0n) is 5.06. The molecular weight excluding hydrogens is 98.1 g/mol. The van der Waals surface area contributed by atoms with Crippen molar-refractivity contribution in [3.05, 3.63) is 24.9 Å². The molecule has 1 heterocycles. The van der Waals surface area contributed by atoms with Gasteiger partial charge in [-0.1, -0.05) is 13.2 Å². The maximum Gasteiger partial charge on any atom is 0.0287 e. The maximum absolute atomic E-state index is 3.80. The van der Waals surface area contributed by atoms with Gasteiger partial charge in [-0.2, -0.15) is 0 Å². The van der Waals surface area contributed by atoms with Gasteiger partial charge in [-0.25, -0.2) is 0 Å². The summed E-state index contributed by atoms with van der Waals surface area (Å²) in [6.07, 6.45) is 3.12. The summed E-state index contributed by atoms with van der Waals surface area (Å²) in [5.74, 6) is 0. The molecular formula is C7H11N. The van der Waals surface area contributed by atoms with Crippen molar-refractivity contribution in [2.45, 2.75) is 6.42 Å². The van der Waals surface area contributed by atoms with Gasteiger partial charge in [-0.15, -0.1) is 0 Å². The molecule has 0 unspecified atom stereocenters. The third-order valence-corrected chi connectivity index (χ3v) is 1.50. The lowest BCUT2D eigenvalue weighted by Gasteiger charge is -2.33. The molecule has 0 bridgehead atoms. The van der Waals surface area contributed by atoms with Crippen LogP contribution < -0.4 is 0 Å². The zero-order valence-corrected chi connectivity index (χ0v) is 5.06. The molecule has 44 valence electrons. The van der Waals surface area contributed by atoms with Crippen LogP contribution in [0, 0.1) is 0 Å². The molecule has 0 radical (unpaired) electrons. The van der Waals surface area contributed by atoms with Crippen molar-refractivity contribution >= 4 is 0 Å². The Hall–Kier alpha value is -0.720. The Morgan fingerprint density at radius 1 is 1.50 bits per heavy atom. The largest absolute Gasteiger partial charge is 0.372 e. The molecule has 1 rings (SSSR count). The molecule has 0 aliphatic carbocycles. The van der Waals surface area contributed by atoms with E-state index in [9.17, 15) is 0 Å². The first-order valence-corrected chi connectivity index (χ1v) is 2.91. The monoisotopic (exact) mass is 109 g/mol. The molecule has 1 fully saturated rings. The van der Waals surface area contributed by atoms with Gasteiger partial charge < -0.3 is 4.90 Å². The first kappa shape index (κ1) is 5.42. The smallest absolute Gasteiger partial charge is 0.0287 e. The van der Waals surface area contributed by atoms with Gasteiger partial charge in [0.2, 0.25) is 0 Å². The maximum atomic E-state index is 3.80. The van der Waals surface area contributed by atoms with E-state index in [1.807, 2.05) is 0 Å². The van der Waals surface area contributed by atoms with Crippen LogP contribution in [0.1, 0.15) is 6.42 Å².